The van der Waals surface area contributed by atoms with E-state index in [1.807, 2.05) is 12.2 Å². The Hall–Kier alpha value is -0.808. The number of aliphatic hydroxyl groups is 2. The molecule has 2 N–H and O–H groups in total. The third-order valence-electron chi connectivity index (χ3n) is 6.94. The van der Waals surface area contributed by atoms with Crippen LogP contribution in [-0.2, 0) is 15.7 Å². The molecule has 0 radical (unpaired) electrons. The Bertz CT molecular complexity index is 724. The molecule has 2 unspecified atom stereocenters. The van der Waals surface area contributed by atoms with Crippen LogP contribution in [0.2, 0.25) is 0 Å². The summed E-state index contributed by atoms with van der Waals surface area (Å²) >= 11 is 2.79. The summed E-state index contributed by atoms with van der Waals surface area (Å²) in [5, 5.41) is 20.9. The number of hydrogen-bond donors (Lipinski definition) is 2. The first-order chi connectivity index (χ1) is 10.8. The van der Waals surface area contributed by atoms with Crippen molar-refractivity contribution in [1.82, 2.24) is 0 Å². The minimum absolute atomic E-state index is 0.00492. The van der Waals surface area contributed by atoms with Crippen molar-refractivity contribution in [1.29, 1.82) is 0 Å². The Labute approximate surface area is 145 Å². The van der Waals surface area contributed by atoms with E-state index in [1.54, 1.807) is 0 Å². The molecule has 0 aromatic carbocycles. The second kappa shape index (κ2) is 4.85. The van der Waals surface area contributed by atoms with Crippen LogP contribution in [0.1, 0.15) is 33.1 Å². The topological polar surface area (TPSA) is 40.5 Å². The van der Waals surface area contributed by atoms with E-state index in [1.165, 1.54) is 11.1 Å². The zero-order valence-electron chi connectivity index (χ0n) is 13.6. The maximum absolute atomic E-state index is 11.0. The number of rotatable bonds is 0. The van der Waals surface area contributed by atoms with E-state index in [9.17, 15) is 10.2 Å². The molecule has 23 heavy (non-hydrogen) atoms. The number of aliphatic hydroxyl groups excluding tert-OH is 1. The normalized spacial score (nSPS) is 50.3. The Kier molecular flexibility index (Phi) is 3.31. The summed E-state index contributed by atoms with van der Waals surface area (Å²) in [6.45, 7) is 4.49. The second-order valence-corrected chi connectivity index (χ2v) is 8.30. The van der Waals surface area contributed by atoms with Crippen molar-refractivity contribution in [3.63, 3.8) is 0 Å². The molecular formula is C20H23CrO2. The minimum atomic E-state index is -0.979. The Morgan fingerprint density at radius 1 is 1.22 bits per heavy atom. The molecule has 0 aromatic heterocycles. The zero-order valence-corrected chi connectivity index (χ0v) is 14.9. The van der Waals surface area contributed by atoms with Crippen LogP contribution in [0.4, 0.5) is 0 Å². The van der Waals surface area contributed by atoms with Gasteiger partial charge in [-0.05, 0) is 0 Å². The van der Waals surface area contributed by atoms with Crippen LogP contribution in [0.3, 0.4) is 0 Å². The standard InChI is InChI=1S/C20H23O2.Cr/c1-18-9-6-14(21)12-13(18)4-5-15-16(18)7-10-19(2)17(15)8-11-20(19,3)22;/h4-6,8-9,11,14,16-17,21-22H,7,10,12H2,1-2H3;/t14-,16?,17?,18-,19-,20-;/m0./s1. The van der Waals surface area contributed by atoms with Gasteiger partial charge < -0.3 is 0 Å². The molecule has 6 atom stereocenters. The summed E-state index contributed by atoms with van der Waals surface area (Å²) in [5.41, 5.74) is 1.57. The molecule has 4 rings (SSSR count). The van der Waals surface area contributed by atoms with E-state index in [4.69, 9.17) is 0 Å². The molecule has 0 bridgehead atoms. The van der Waals surface area contributed by atoms with Crippen molar-refractivity contribution >= 4 is 0 Å². The molecule has 4 aliphatic rings. The molecule has 0 heterocycles. The molecule has 0 saturated heterocycles. The molecule has 3 heteroatoms. The molecule has 4 aliphatic carbocycles. The van der Waals surface area contributed by atoms with Crippen LogP contribution in [0, 0.1) is 27.4 Å². The predicted molar refractivity (Wildman–Crippen MR) is 86.3 cm³/mol. The summed E-state index contributed by atoms with van der Waals surface area (Å²) in [6.07, 6.45) is 15.1. The van der Waals surface area contributed by atoms with Gasteiger partial charge in [0.1, 0.15) is 0 Å². The molecular weight excluding hydrogens is 324 g/mol. The van der Waals surface area contributed by atoms with Crippen LogP contribution in [0.15, 0.2) is 47.6 Å². The van der Waals surface area contributed by atoms with Gasteiger partial charge >= 0.3 is 146 Å². The molecule has 0 amide bonds. The van der Waals surface area contributed by atoms with Crippen LogP contribution in [-0.4, -0.2) is 21.9 Å². The first-order valence-electron chi connectivity index (χ1n) is 8.44. The fraction of sp³-hybridized carbons (Fsp3) is 0.550. The molecule has 0 aromatic rings. The van der Waals surface area contributed by atoms with Gasteiger partial charge in [0, 0.05) is 0 Å². The quantitative estimate of drug-likeness (QED) is 0.662. The third-order valence-corrected chi connectivity index (χ3v) is 7.43. The monoisotopic (exact) mass is 347 g/mol. The van der Waals surface area contributed by atoms with Crippen LogP contribution < -0.4 is 0 Å². The van der Waals surface area contributed by atoms with Crippen molar-refractivity contribution in [2.45, 2.75) is 44.8 Å². The third kappa shape index (κ3) is 1.89. The fourth-order valence-electron chi connectivity index (χ4n) is 5.26. The van der Waals surface area contributed by atoms with E-state index in [-0.39, 0.29) is 22.9 Å². The van der Waals surface area contributed by atoms with Gasteiger partial charge in [-0.2, -0.15) is 0 Å². The summed E-state index contributed by atoms with van der Waals surface area (Å²) in [5.74, 6) is 0.708. The summed E-state index contributed by atoms with van der Waals surface area (Å²) < 4.78 is 3.00. The Morgan fingerprint density at radius 3 is 2.74 bits per heavy atom. The summed E-state index contributed by atoms with van der Waals surface area (Å²) in [6, 6.07) is 0. The van der Waals surface area contributed by atoms with Crippen molar-refractivity contribution in [2.24, 2.45) is 22.7 Å². The molecule has 0 aliphatic heterocycles. The van der Waals surface area contributed by atoms with Gasteiger partial charge in [0.25, 0.3) is 0 Å². The predicted octanol–water partition coefficient (Wildman–Crippen LogP) is 3.02. The first kappa shape index (κ1) is 15.7. The number of allylic oxidation sites excluding steroid dienone is 5. The molecule has 2 nitrogen and oxygen atoms in total. The van der Waals surface area contributed by atoms with Gasteiger partial charge in [-0.25, -0.2) is 0 Å². The van der Waals surface area contributed by atoms with E-state index in [0.29, 0.717) is 5.92 Å². The van der Waals surface area contributed by atoms with Gasteiger partial charge in [-0.3, -0.25) is 0 Å². The SMILES string of the molecule is C[C@]12C=C[C@H](O)CC1=CC=C1C2CC[C@@]2(C)C1C=C[C@@]2(O)[C]#[Cr]. The molecule has 1 fully saturated rings. The van der Waals surface area contributed by atoms with Crippen LogP contribution in [0.25, 0.3) is 0 Å². The van der Waals surface area contributed by atoms with Gasteiger partial charge in [0.05, 0.1) is 0 Å². The second-order valence-electron chi connectivity index (χ2n) is 7.99. The van der Waals surface area contributed by atoms with Gasteiger partial charge in [-0.1, -0.05) is 0 Å². The van der Waals surface area contributed by atoms with Crippen molar-refractivity contribution in [3.8, 4) is 4.69 Å². The number of fused-ring (bicyclic) bond motifs is 5. The Morgan fingerprint density at radius 2 is 2.00 bits per heavy atom. The Balaban J connectivity index is 1.80. The van der Waals surface area contributed by atoms with Crippen molar-refractivity contribution in [3.05, 3.63) is 47.6 Å². The average Bonchev–Trinajstić information content (AvgIpc) is 2.80. The summed E-state index contributed by atoms with van der Waals surface area (Å²) in [7, 11) is 0. The maximum atomic E-state index is 11.0. The first-order valence-corrected chi connectivity index (χ1v) is 9.07. The molecule has 0 spiro atoms. The molecule has 121 valence electrons. The van der Waals surface area contributed by atoms with Gasteiger partial charge in [0.15, 0.2) is 0 Å². The van der Waals surface area contributed by atoms with E-state index in [0.717, 1.165) is 19.3 Å². The summed E-state index contributed by atoms with van der Waals surface area (Å²) in [4.78, 5) is 0. The fourth-order valence-corrected chi connectivity index (χ4v) is 5.73. The zero-order chi connectivity index (χ0) is 16.5. The van der Waals surface area contributed by atoms with E-state index >= 15 is 0 Å². The van der Waals surface area contributed by atoms with Crippen LogP contribution >= 0.6 is 0 Å². The van der Waals surface area contributed by atoms with Crippen molar-refractivity contribution < 1.29 is 25.9 Å². The average molecular weight is 347 g/mol. The van der Waals surface area contributed by atoms with Gasteiger partial charge in [-0.15, -0.1) is 0 Å². The van der Waals surface area contributed by atoms with E-state index in [2.05, 4.69) is 58.5 Å². The molecule has 1 saturated carbocycles. The number of hydrogen-bond acceptors (Lipinski definition) is 2. The van der Waals surface area contributed by atoms with Gasteiger partial charge in [0.2, 0.25) is 0 Å². The van der Waals surface area contributed by atoms with Crippen LogP contribution in [0.5, 0.6) is 0 Å². The van der Waals surface area contributed by atoms with E-state index < -0.39 is 5.60 Å². The van der Waals surface area contributed by atoms with Crippen molar-refractivity contribution in [2.75, 3.05) is 0 Å².